The molecule has 102 valence electrons. The highest BCUT2D eigenvalue weighted by Gasteiger charge is 2.02. The Kier molecular flexibility index (Phi) is 4.76. The third-order valence-corrected chi connectivity index (χ3v) is 2.74. The summed E-state index contributed by atoms with van der Waals surface area (Å²) in [5.41, 5.74) is 3.00. The van der Waals surface area contributed by atoms with E-state index in [0.717, 1.165) is 0 Å². The molecule has 5 nitrogen and oxygen atoms in total. The first-order valence-electron chi connectivity index (χ1n) is 5.89. The van der Waals surface area contributed by atoms with Crippen molar-refractivity contribution in [3.63, 3.8) is 0 Å². The Balaban J connectivity index is 2.07. The lowest BCUT2D eigenvalue weighted by atomic mass is 10.3. The van der Waals surface area contributed by atoms with Gasteiger partial charge in [0, 0.05) is 0 Å². The average Bonchev–Trinajstić information content (AvgIpc) is 2.52. The number of hydrogen-bond donors (Lipinski definition) is 1. The van der Waals surface area contributed by atoms with Gasteiger partial charge in [-0.3, -0.25) is 5.43 Å². The topological polar surface area (TPSA) is 81.2 Å². The van der Waals surface area contributed by atoms with Crippen LogP contribution in [0, 0.1) is 22.7 Å². The van der Waals surface area contributed by atoms with Gasteiger partial charge in [-0.05, 0) is 36.4 Å². The van der Waals surface area contributed by atoms with Gasteiger partial charge in [-0.2, -0.15) is 15.6 Å². The lowest BCUT2D eigenvalue weighted by molar-refractivity contribution is 0.483. The van der Waals surface area contributed by atoms with Crippen molar-refractivity contribution >= 4 is 23.0 Å². The molecule has 0 unspecified atom stereocenters. The summed E-state index contributed by atoms with van der Waals surface area (Å²) in [6, 6.07) is 17.3. The molecule has 0 aliphatic heterocycles. The second kappa shape index (κ2) is 6.95. The summed E-state index contributed by atoms with van der Waals surface area (Å²) in [5, 5.41) is 21.3. The normalized spacial score (nSPS) is 9.10. The number of para-hydroxylation sites is 1. The zero-order valence-corrected chi connectivity index (χ0v) is 11.5. The van der Waals surface area contributed by atoms with Gasteiger partial charge in [0.25, 0.3) is 0 Å². The lowest BCUT2D eigenvalue weighted by Gasteiger charge is -2.07. The van der Waals surface area contributed by atoms with Crippen molar-refractivity contribution in [1.82, 2.24) is 0 Å². The smallest absolute Gasteiger partial charge is 0.237 e. The van der Waals surface area contributed by atoms with E-state index < -0.39 is 0 Å². The third-order valence-electron chi connectivity index (χ3n) is 2.43. The zero-order chi connectivity index (χ0) is 15.1. The van der Waals surface area contributed by atoms with Crippen molar-refractivity contribution in [1.29, 1.82) is 10.5 Å². The van der Waals surface area contributed by atoms with Crippen LogP contribution >= 0.6 is 11.6 Å². The molecular formula is C15H9ClN4O. The van der Waals surface area contributed by atoms with Crippen molar-refractivity contribution in [2.24, 2.45) is 5.10 Å². The number of hydrogen-bond acceptors (Lipinski definition) is 5. The van der Waals surface area contributed by atoms with E-state index in [-0.39, 0.29) is 5.71 Å². The minimum absolute atomic E-state index is 0.244. The SMILES string of the molecule is N#CC(C#N)=NNc1ccc(Oc2ccccc2Cl)cc1. The number of nitrogens with one attached hydrogen (secondary N) is 1. The Morgan fingerprint density at radius 3 is 2.33 bits per heavy atom. The minimum atomic E-state index is -0.244. The fourth-order valence-electron chi connectivity index (χ4n) is 1.45. The first-order valence-corrected chi connectivity index (χ1v) is 6.27. The first-order chi connectivity index (χ1) is 10.2. The van der Waals surface area contributed by atoms with Crippen molar-refractivity contribution in [3.05, 3.63) is 53.6 Å². The monoisotopic (exact) mass is 296 g/mol. The Morgan fingerprint density at radius 2 is 1.71 bits per heavy atom. The second-order valence-electron chi connectivity index (χ2n) is 3.85. The Hall–Kier alpha value is -3.02. The van der Waals surface area contributed by atoms with E-state index in [2.05, 4.69) is 10.5 Å². The van der Waals surface area contributed by atoms with Crippen LogP contribution in [0.2, 0.25) is 5.02 Å². The summed E-state index contributed by atoms with van der Waals surface area (Å²) in [5.74, 6) is 1.17. The molecule has 2 aromatic carbocycles. The standard InChI is InChI=1S/C15H9ClN4O/c16-14-3-1-2-4-15(14)21-13-7-5-11(6-8-13)19-20-12(9-17)10-18/h1-8,19H. The molecule has 0 aromatic heterocycles. The van der Waals surface area contributed by atoms with Crippen molar-refractivity contribution in [2.45, 2.75) is 0 Å². The number of rotatable bonds is 4. The van der Waals surface area contributed by atoms with Crippen LogP contribution in [0.3, 0.4) is 0 Å². The molecule has 2 rings (SSSR count). The number of hydrazone groups is 1. The average molecular weight is 297 g/mol. The van der Waals surface area contributed by atoms with Crippen LogP contribution in [0.25, 0.3) is 0 Å². The molecule has 0 aliphatic carbocycles. The van der Waals surface area contributed by atoms with Crippen LogP contribution in [0.5, 0.6) is 11.5 Å². The summed E-state index contributed by atoms with van der Waals surface area (Å²) >= 11 is 6.01. The van der Waals surface area contributed by atoms with Crippen molar-refractivity contribution in [2.75, 3.05) is 5.43 Å². The van der Waals surface area contributed by atoms with E-state index in [0.29, 0.717) is 22.2 Å². The first kappa shape index (κ1) is 14.4. The Labute approximate surface area is 126 Å². The number of nitrogens with zero attached hydrogens (tertiary/aromatic N) is 3. The van der Waals surface area contributed by atoms with E-state index in [1.54, 1.807) is 48.5 Å². The van der Waals surface area contributed by atoms with Crippen LogP contribution in [-0.2, 0) is 0 Å². The minimum Gasteiger partial charge on any atom is -0.456 e. The molecule has 2 aromatic rings. The molecule has 21 heavy (non-hydrogen) atoms. The van der Waals surface area contributed by atoms with Crippen LogP contribution in [0.15, 0.2) is 53.6 Å². The predicted octanol–water partition coefficient (Wildman–Crippen LogP) is 3.95. The largest absolute Gasteiger partial charge is 0.456 e. The van der Waals surface area contributed by atoms with Gasteiger partial charge in [0.15, 0.2) is 0 Å². The number of nitriles is 2. The summed E-state index contributed by atoms with van der Waals surface area (Å²) in [4.78, 5) is 0. The molecule has 0 saturated heterocycles. The maximum absolute atomic E-state index is 8.56. The third kappa shape index (κ3) is 3.97. The summed E-state index contributed by atoms with van der Waals surface area (Å²) in [6.45, 7) is 0. The second-order valence-corrected chi connectivity index (χ2v) is 4.26. The maximum atomic E-state index is 8.56. The lowest BCUT2D eigenvalue weighted by Crippen LogP contribution is -1.96. The molecule has 0 fully saturated rings. The fraction of sp³-hybridized carbons (Fsp3) is 0. The molecule has 6 heteroatoms. The molecule has 0 spiro atoms. The fourth-order valence-corrected chi connectivity index (χ4v) is 1.62. The maximum Gasteiger partial charge on any atom is 0.237 e. The van der Waals surface area contributed by atoms with E-state index in [9.17, 15) is 0 Å². The molecular weight excluding hydrogens is 288 g/mol. The van der Waals surface area contributed by atoms with E-state index in [1.807, 2.05) is 12.1 Å². The molecule has 1 N–H and O–H groups in total. The van der Waals surface area contributed by atoms with E-state index in [4.69, 9.17) is 26.9 Å². The van der Waals surface area contributed by atoms with E-state index in [1.165, 1.54) is 0 Å². The van der Waals surface area contributed by atoms with Gasteiger partial charge in [-0.15, -0.1) is 0 Å². The summed E-state index contributed by atoms with van der Waals surface area (Å²) < 4.78 is 5.63. The summed E-state index contributed by atoms with van der Waals surface area (Å²) in [7, 11) is 0. The molecule has 0 amide bonds. The van der Waals surface area contributed by atoms with Gasteiger partial charge in [0.2, 0.25) is 5.71 Å². The molecule has 0 aliphatic rings. The number of benzene rings is 2. The zero-order valence-electron chi connectivity index (χ0n) is 10.7. The van der Waals surface area contributed by atoms with Gasteiger partial charge >= 0.3 is 0 Å². The molecule has 0 radical (unpaired) electrons. The molecule has 0 bridgehead atoms. The molecule has 0 atom stereocenters. The van der Waals surface area contributed by atoms with Crippen LogP contribution in [0.1, 0.15) is 0 Å². The number of ether oxygens (including phenoxy) is 1. The summed E-state index contributed by atoms with van der Waals surface area (Å²) in [6.07, 6.45) is 0. The van der Waals surface area contributed by atoms with Gasteiger partial charge in [0.05, 0.1) is 10.7 Å². The van der Waals surface area contributed by atoms with Gasteiger partial charge in [-0.25, -0.2) is 0 Å². The quantitative estimate of drug-likeness (QED) is 0.684. The molecule has 0 heterocycles. The van der Waals surface area contributed by atoms with Crippen LogP contribution in [-0.4, -0.2) is 5.71 Å². The van der Waals surface area contributed by atoms with Gasteiger partial charge in [0.1, 0.15) is 23.6 Å². The van der Waals surface area contributed by atoms with Crippen LogP contribution < -0.4 is 10.2 Å². The highest BCUT2D eigenvalue weighted by Crippen LogP contribution is 2.29. The van der Waals surface area contributed by atoms with Crippen molar-refractivity contribution < 1.29 is 4.74 Å². The van der Waals surface area contributed by atoms with Gasteiger partial charge in [-0.1, -0.05) is 23.7 Å². The highest BCUT2D eigenvalue weighted by molar-refractivity contribution is 6.32. The van der Waals surface area contributed by atoms with Crippen molar-refractivity contribution in [3.8, 4) is 23.6 Å². The van der Waals surface area contributed by atoms with Gasteiger partial charge < -0.3 is 4.74 Å². The van der Waals surface area contributed by atoms with E-state index >= 15 is 0 Å². The Bertz CT molecular complexity index is 726. The van der Waals surface area contributed by atoms with Crippen LogP contribution in [0.4, 0.5) is 5.69 Å². The number of anilines is 1. The number of halogens is 1. The highest BCUT2D eigenvalue weighted by atomic mass is 35.5. The predicted molar refractivity (Wildman–Crippen MR) is 80.3 cm³/mol. The Morgan fingerprint density at radius 1 is 1.05 bits per heavy atom. The molecule has 0 saturated carbocycles.